The van der Waals surface area contributed by atoms with Gasteiger partial charge in [-0.3, -0.25) is 9.52 Å². The second-order valence-corrected chi connectivity index (χ2v) is 7.81. The van der Waals surface area contributed by atoms with E-state index in [4.69, 9.17) is 16.9 Å². The van der Waals surface area contributed by atoms with Crippen LogP contribution in [0.4, 0.5) is 15.8 Å². The minimum absolute atomic E-state index is 0.160. The molecule has 0 aliphatic heterocycles. The Balaban J connectivity index is 2.70. The lowest BCUT2D eigenvalue weighted by Gasteiger charge is -2.16. The summed E-state index contributed by atoms with van der Waals surface area (Å²) < 4.78 is 40.9. The number of hydrogen-bond donors (Lipinski definition) is 1. The van der Waals surface area contributed by atoms with E-state index in [1.54, 1.807) is 25.1 Å². The van der Waals surface area contributed by atoms with Crippen LogP contribution in [-0.4, -0.2) is 38.0 Å². The maximum absolute atomic E-state index is 14.4. The number of aromatic nitrogens is 2. The Hall–Kier alpha value is -2.64. The van der Waals surface area contributed by atoms with E-state index in [1.165, 1.54) is 13.1 Å². The van der Waals surface area contributed by atoms with E-state index in [0.29, 0.717) is 10.4 Å². The summed E-state index contributed by atoms with van der Waals surface area (Å²) in [7, 11) is -0.399. The van der Waals surface area contributed by atoms with Gasteiger partial charge in [-0.1, -0.05) is 11.6 Å². The van der Waals surface area contributed by atoms with Crippen molar-refractivity contribution < 1.29 is 12.8 Å². The van der Waals surface area contributed by atoms with E-state index in [1.807, 2.05) is 0 Å². The van der Waals surface area contributed by atoms with Crippen LogP contribution < -0.4 is 15.2 Å². The Morgan fingerprint density at radius 3 is 2.62 bits per heavy atom. The monoisotopic (exact) mass is 399 g/mol. The molecule has 0 spiro atoms. The number of halogens is 2. The molecule has 1 aromatic carbocycles. The van der Waals surface area contributed by atoms with Crippen LogP contribution in [0.15, 0.2) is 23.1 Å². The van der Waals surface area contributed by atoms with Crippen LogP contribution in [0.3, 0.4) is 0 Å². The molecule has 26 heavy (non-hydrogen) atoms. The van der Waals surface area contributed by atoms with Crippen molar-refractivity contribution in [3.05, 3.63) is 45.1 Å². The molecule has 0 bridgehead atoms. The van der Waals surface area contributed by atoms with Gasteiger partial charge in [-0.2, -0.15) is 15.0 Å². The minimum Gasteiger partial charge on any atom is -0.375 e. The first-order valence-corrected chi connectivity index (χ1v) is 9.34. The van der Waals surface area contributed by atoms with Crippen molar-refractivity contribution in [2.45, 2.75) is 6.92 Å². The molecule has 0 amide bonds. The summed E-state index contributed by atoms with van der Waals surface area (Å²) in [5.41, 5.74) is -1.17. The van der Waals surface area contributed by atoms with Gasteiger partial charge in [-0.15, -0.1) is 0 Å². The van der Waals surface area contributed by atoms with E-state index >= 15 is 0 Å². The van der Waals surface area contributed by atoms with Gasteiger partial charge in [0.1, 0.15) is 22.6 Å². The summed E-state index contributed by atoms with van der Waals surface area (Å²) in [6.45, 7) is 1.41. The first-order chi connectivity index (χ1) is 12.1. The molecule has 0 saturated carbocycles. The molecule has 1 N–H and O–H groups in total. The van der Waals surface area contributed by atoms with Gasteiger partial charge in [0.25, 0.3) is 5.56 Å². The van der Waals surface area contributed by atoms with Crippen molar-refractivity contribution in [3.8, 4) is 11.8 Å². The Morgan fingerprint density at radius 1 is 1.42 bits per heavy atom. The number of benzene rings is 1. The van der Waals surface area contributed by atoms with Crippen molar-refractivity contribution in [1.82, 2.24) is 9.78 Å². The van der Waals surface area contributed by atoms with E-state index in [-0.39, 0.29) is 27.7 Å². The number of nitrogens with one attached hydrogen (secondary N) is 1. The SMILES string of the molecule is CCS(=O)(=O)Nc1cc(-n2ncc(N(C)C)c(Cl)c2=O)c(F)cc1C#N. The molecule has 1 aromatic heterocycles. The average Bonchev–Trinajstić information content (AvgIpc) is 2.58. The van der Waals surface area contributed by atoms with Crippen LogP contribution >= 0.6 is 11.6 Å². The zero-order valence-electron chi connectivity index (χ0n) is 14.1. The summed E-state index contributed by atoms with van der Waals surface area (Å²) in [5, 5.41) is 12.8. The number of rotatable bonds is 5. The van der Waals surface area contributed by atoms with Crippen molar-refractivity contribution in [2.75, 3.05) is 29.5 Å². The van der Waals surface area contributed by atoms with Gasteiger partial charge < -0.3 is 4.90 Å². The first-order valence-electron chi connectivity index (χ1n) is 7.31. The van der Waals surface area contributed by atoms with Crippen LogP contribution in [0.25, 0.3) is 5.69 Å². The molecular formula is C15H15ClFN5O3S. The third kappa shape index (κ3) is 3.79. The van der Waals surface area contributed by atoms with Gasteiger partial charge in [0.05, 0.1) is 28.9 Å². The molecule has 0 radical (unpaired) electrons. The van der Waals surface area contributed by atoms with E-state index in [0.717, 1.165) is 12.1 Å². The predicted molar refractivity (Wildman–Crippen MR) is 96.9 cm³/mol. The molecule has 8 nitrogen and oxygen atoms in total. The average molecular weight is 400 g/mol. The third-order valence-corrected chi connectivity index (χ3v) is 5.11. The van der Waals surface area contributed by atoms with Gasteiger partial charge in [0.15, 0.2) is 0 Å². The second-order valence-electron chi connectivity index (χ2n) is 5.42. The van der Waals surface area contributed by atoms with Crippen molar-refractivity contribution >= 4 is 33.0 Å². The van der Waals surface area contributed by atoms with Gasteiger partial charge in [-0.05, 0) is 19.1 Å². The Labute approximate surface area is 154 Å². The number of nitrogens with zero attached hydrogens (tertiary/aromatic N) is 4. The number of nitriles is 1. The fraction of sp³-hybridized carbons (Fsp3) is 0.267. The van der Waals surface area contributed by atoms with E-state index in [2.05, 4.69) is 9.82 Å². The Kier molecular flexibility index (Phi) is 5.53. The highest BCUT2D eigenvalue weighted by Crippen LogP contribution is 2.25. The highest BCUT2D eigenvalue weighted by atomic mass is 35.5. The molecule has 2 aromatic rings. The minimum atomic E-state index is -3.72. The number of anilines is 2. The van der Waals surface area contributed by atoms with Crippen molar-refractivity contribution in [3.63, 3.8) is 0 Å². The van der Waals surface area contributed by atoms with Gasteiger partial charge >= 0.3 is 0 Å². The third-order valence-electron chi connectivity index (χ3n) is 3.46. The topological polar surface area (TPSA) is 108 Å². The van der Waals surface area contributed by atoms with Gasteiger partial charge in [0.2, 0.25) is 10.0 Å². The molecule has 0 atom stereocenters. The molecule has 0 aliphatic carbocycles. The maximum Gasteiger partial charge on any atom is 0.292 e. The second kappa shape index (κ2) is 7.31. The van der Waals surface area contributed by atoms with Gasteiger partial charge in [-0.25, -0.2) is 12.8 Å². The largest absolute Gasteiger partial charge is 0.375 e. The molecular weight excluding hydrogens is 385 g/mol. The molecule has 1 heterocycles. The lowest BCUT2D eigenvalue weighted by Crippen LogP contribution is -2.25. The highest BCUT2D eigenvalue weighted by molar-refractivity contribution is 7.92. The molecule has 0 saturated heterocycles. The molecule has 11 heteroatoms. The lowest BCUT2D eigenvalue weighted by atomic mass is 10.1. The fourth-order valence-electron chi connectivity index (χ4n) is 2.05. The zero-order valence-corrected chi connectivity index (χ0v) is 15.7. The molecule has 0 aliphatic rings. The highest BCUT2D eigenvalue weighted by Gasteiger charge is 2.19. The van der Waals surface area contributed by atoms with E-state index < -0.39 is 21.4 Å². The zero-order chi connectivity index (χ0) is 19.6. The van der Waals surface area contributed by atoms with Crippen LogP contribution in [-0.2, 0) is 10.0 Å². The van der Waals surface area contributed by atoms with Crippen LogP contribution in [0.2, 0.25) is 5.02 Å². The molecule has 0 unspecified atom stereocenters. The van der Waals surface area contributed by atoms with Crippen LogP contribution in [0.1, 0.15) is 12.5 Å². The summed E-state index contributed by atoms with van der Waals surface area (Å²) in [4.78, 5) is 14.0. The number of sulfonamides is 1. The Bertz CT molecular complexity index is 1060. The standard InChI is InChI=1S/C15H15ClFN5O3S/c1-4-26(24,25)20-11-6-12(10(17)5-9(11)7-18)22-15(23)14(16)13(8-19-22)21(2)3/h5-6,8,20H,4H2,1-3H3. The molecule has 0 fully saturated rings. The normalized spacial score (nSPS) is 11.1. The van der Waals surface area contributed by atoms with E-state index in [9.17, 15) is 17.6 Å². The number of hydrogen-bond acceptors (Lipinski definition) is 6. The molecule has 138 valence electrons. The summed E-state index contributed by atoms with van der Waals surface area (Å²) >= 11 is 6.02. The smallest absolute Gasteiger partial charge is 0.292 e. The van der Waals surface area contributed by atoms with Crippen molar-refractivity contribution in [1.29, 1.82) is 5.26 Å². The first kappa shape index (κ1) is 19.7. The Morgan fingerprint density at radius 2 is 2.08 bits per heavy atom. The lowest BCUT2D eigenvalue weighted by molar-refractivity contribution is 0.600. The fourth-order valence-corrected chi connectivity index (χ4v) is 2.99. The summed E-state index contributed by atoms with van der Waals surface area (Å²) in [6, 6.07) is 3.56. The van der Waals surface area contributed by atoms with Gasteiger partial charge in [0, 0.05) is 14.1 Å². The maximum atomic E-state index is 14.4. The van der Waals surface area contributed by atoms with Crippen LogP contribution in [0.5, 0.6) is 0 Å². The molecule has 2 rings (SSSR count). The van der Waals surface area contributed by atoms with Crippen LogP contribution in [0, 0.1) is 17.1 Å². The summed E-state index contributed by atoms with van der Waals surface area (Å²) in [5.74, 6) is -1.17. The summed E-state index contributed by atoms with van der Waals surface area (Å²) in [6.07, 6.45) is 1.28. The predicted octanol–water partition coefficient (Wildman–Crippen LogP) is 1.72. The quantitative estimate of drug-likeness (QED) is 0.820. The van der Waals surface area contributed by atoms with Crippen molar-refractivity contribution in [2.24, 2.45) is 0 Å².